The maximum atomic E-state index is 14.2. The van der Waals surface area contributed by atoms with Crippen molar-refractivity contribution in [3.8, 4) is 17.2 Å². The van der Waals surface area contributed by atoms with Crippen LogP contribution in [0.4, 0.5) is 5.69 Å². The Hall–Kier alpha value is -4.25. The first-order valence-electron chi connectivity index (χ1n) is 14.4. The highest BCUT2D eigenvalue weighted by atomic mass is 32.2. The van der Waals surface area contributed by atoms with Crippen LogP contribution in [0.5, 0.6) is 17.2 Å². The van der Waals surface area contributed by atoms with E-state index in [2.05, 4.69) is 5.32 Å². The number of nitrogens with one attached hydrogen (secondary N) is 1. The molecule has 0 aliphatic heterocycles. The highest BCUT2D eigenvalue weighted by molar-refractivity contribution is 7.92. The summed E-state index contributed by atoms with van der Waals surface area (Å²) >= 11 is 0. The molecule has 3 rings (SSSR count). The smallest absolute Gasteiger partial charge is 0.264 e. The molecule has 10 nitrogen and oxygen atoms in total. The Balaban J connectivity index is 2.04. The number of carbonyl (C=O) groups is 2. The van der Waals surface area contributed by atoms with Crippen LogP contribution in [-0.2, 0) is 26.0 Å². The minimum absolute atomic E-state index is 0.0915. The van der Waals surface area contributed by atoms with Gasteiger partial charge in [0.2, 0.25) is 11.8 Å². The zero-order chi connectivity index (χ0) is 32.5. The summed E-state index contributed by atoms with van der Waals surface area (Å²) < 4.78 is 45.6. The van der Waals surface area contributed by atoms with E-state index < -0.39 is 34.1 Å². The Kier molecular flexibility index (Phi) is 11.6. The second kappa shape index (κ2) is 15.0. The summed E-state index contributed by atoms with van der Waals surface area (Å²) in [6.45, 7) is 9.17. The van der Waals surface area contributed by atoms with Crippen molar-refractivity contribution in [2.45, 2.75) is 57.5 Å². The third-order valence-electron chi connectivity index (χ3n) is 6.81. The topological polar surface area (TPSA) is 114 Å². The fourth-order valence-electron chi connectivity index (χ4n) is 4.55. The Labute approximate surface area is 261 Å². The monoisotopic (exact) mass is 625 g/mol. The number of hydrogen-bond acceptors (Lipinski definition) is 7. The lowest BCUT2D eigenvalue weighted by Gasteiger charge is -2.33. The van der Waals surface area contributed by atoms with Gasteiger partial charge in [-0.05, 0) is 83.0 Å². The summed E-state index contributed by atoms with van der Waals surface area (Å²) in [4.78, 5) is 28.7. The lowest BCUT2D eigenvalue weighted by Crippen LogP contribution is -2.55. The third-order valence-corrected chi connectivity index (χ3v) is 8.58. The van der Waals surface area contributed by atoms with Gasteiger partial charge in [0.05, 0.1) is 31.4 Å². The van der Waals surface area contributed by atoms with Crippen LogP contribution in [0.2, 0.25) is 0 Å². The molecule has 1 N–H and O–H groups in total. The average Bonchev–Trinajstić information content (AvgIpc) is 2.99. The number of nitrogens with zero attached hydrogens (tertiary/aromatic N) is 2. The minimum Gasteiger partial charge on any atom is -0.494 e. The van der Waals surface area contributed by atoms with Gasteiger partial charge in [0.1, 0.15) is 18.3 Å². The van der Waals surface area contributed by atoms with Crippen molar-refractivity contribution >= 4 is 27.5 Å². The molecule has 44 heavy (non-hydrogen) atoms. The molecular formula is C33H43N3O7S. The van der Waals surface area contributed by atoms with E-state index in [4.69, 9.17) is 14.2 Å². The summed E-state index contributed by atoms with van der Waals surface area (Å²) in [6.07, 6.45) is 0.477. The van der Waals surface area contributed by atoms with Gasteiger partial charge in [0.25, 0.3) is 10.0 Å². The zero-order valence-electron chi connectivity index (χ0n) is 26.5. The van der Waals surface area contributed by atoms with E-state index in [0.29, 0.717) is 24.5 Å². The van der Waals surface area contributed by atoms with Gasteiger partial charge < -0.3 is 24.4 Å². The lowest BCUT2D eigenvalue weighted by atomic mass is 10.1. The van der Waals surface area contributed by atoms with Crippen LogP contribution in [0.1, 0.15) is 40.2 Å². The molecule has 11 heteroatoms. The SMILES string of the molecule is CCOc1ccc(N(CC(=O)N(CCc2ccccc2)[C@@H](C)C(=O)NC(C)(C)C)S(=O)(=O)c2ccc(OC)c(OC)c2)cc1. The summed E-state index contributed by atoms with van der Waals surface area (Å²) in [6, 6.07) is 19.4. The molecule has 0 radical (unpaired) electrons. The van der Waals surface area contributed by atoms with Crippen molar-refractivity contribution in [1.29, 1.82) is 0 Å². The maximum Gasteiger partial charge on any atom is 0.264 e. The quantitative estimate of drug-likeness (QED) is 0.277. The molecule has 0 fully saturated rings. The summed E-state index contributed by atoms with van der Waals surface area (Å²) in [7, 11) is -1.43. The van der Waals surface area contributed by atoms with Crippen LogP contribution in [0.25, 0.3) is 0 Å². The van der Waals surface area contributed by atoms with E-state index in [0.717, 1.165) is 9.87 Å². The number of methoxy groups -OCH3 is 2. The van der Waals surface area contributed by atoms with Gasteiger partial charge >= 0.3 is 0 Å². The molecule has 238 valence electrons. The van der Waals surface area contributed by atoms with Gasteiger partial charge in [0.15, 0.2) is 11.5 Å². The minimum atomic E-state index is -4.30. The third kappa shape index (κ3) is 8.89. The second-order valence-corrected chi connectivity index (χ2v) is 13.1. The predicted molar refractivity (Wildman–Crippen MR) is 171 cm³/mol. The standard InChI is InChI=1S/C33H43N3O7S/c1-8-43-27-16-14-26(15-17-27)36(44(39,40)28-18-19-29(41-6)30(22-28)42-7)23-31(37)35(21-20-25-12-10-9-11-13-25)24(2)32(38)34-33(3,4)5/h9-19,22,24H,8,20-21,23H2,1-7H3,(H,34,38)/t24-/m0/s1. The van der Waals surface area contributed by atoms with E-state index >= 15 is 0 Å². The van der Waals surface area contributed by atoms with Crippen LogP contribution in [0, 0.1) is 0 Å². The van der Waals surface area contributed by atoms with Gasteiger partial charge in [-0.15, -0.1) is 0 Å². The highest BCUT2D eigenvalue weighted by Crippen LogP contribution is 2.33. The van der Waals surface area contributed by atoms with Gasteiger partial charge in [-0.25, -0.2) is 8.42 Å². The maximum absolute atomic E-state index is 14.2. The number of benzene rings is 3. The number of sulfonamides is 1. The molecule has 0 aliphatic rings. The number of rotatable bonds is 14. The Morgan fingerprint density at radius 3 is 2.11 bits per heavy atom. The molecule has 0 aliphatic carbocycles. The molecule has 0 saturated heterocycles. The molecule has 3 aromatic rings. The molecule has 2 amide bonds. The molecule has 3 aromatic carbocycles. The number of ether oxygens (including phenoxy) is 3. The van der Waals surface area contributed by atoms with Crippen LogP contribution >= 0.6 is 0 Å². The number of hydrogen-bond donors (Lipinski definition) is 1. The second-order valence-electron chi connectivity index (χ2n) is 11.2. The summed E-state index contributed by atoms with van der Waals surface area (Å²) in [5.41, 5.74) is 0.714. The van der Waals surface area contributed by atoms with Crippen molar-refractivity contribution in [3.05, 3.63) is 78.4 Å². The van der Waals surface area contributed by atoms with Crippen molar-refractivity contribution in [1.82, 2.24) is 10.2 Å². The summed E-state index contributed by atoms with van der Waals surface area (Å²) in [5.74, 6) is 0.275. The van der Waals surface area contributed by atoms with E-state index in [1.54, 1.807) is 31.2 Å². The fraction of sp³-hybridized carbons (Fsp3) is 0.394. The van der Waals surface area contributed by atoms with Gasteiger partial charge in [-0.3, -0.25) is 13.9 Å². The molecule has 0 aromatic heterocycles. The largest absolute Gasteiger partial charge is 0.494 e. The first kappa shape index (κ1) is 34.2. The lowest BCUT2D eigenvalue weighted by molar-refractivity contribution is -0.139. The molecule has 1 atom stereocenters. The normalized spacial score (nSPS) is 12.2. The van der Waals surface area contributed by atoms with Crippen molar-refractivity contribution < 1.29 is 32.2 Å². The van der Waals surface area contributed by atoms with Gasteiger partial charge in [-0.1, -0.05) is 30.3 Å². The van der Waals surface area contributed by atoms with E-state index in [-0.39, 0.29) is 28.8 Å². The molecule has 0 bridgehead atoms. The number of anilines is 1. The fourth-order valence-corrected chi connectivity index (χ4v) is 5.98. The van der Waals surface area contributed by atoms with Gasteiger partial charge in [0, 0.05) is 18.2 Å². The molecule has 0 saturated carbocycles. The number of amides is 2. The van der Waals surface area contributed by atoms with E-state index in [1.165, 1.54) is 37.3 Å². The Morgan fingerprint density at radius 1 is 0.909 bits per heavy atom. The highest BCUT2D eigenvalue weighted by Gasteiger charge is 2.33. The average molecular weight is 626 g/mol. The Bertz CT molecular complexity index is 1500. The van der Waals surface area contributed by atoms with Crippen molar-refractivity contribution in [3.63, 3.8) is 0 Å². The molecule has 0 unspecified atom stereocenters. The Morgan fingerprint density at radius 2 is 1.55 bits per heavy atom. The van der Waals surface area contributed by atoms with E-state index in [9.17, 15) is 18.0 Å². The van der Waals surface area contributed by atoms with Crippen molar-refractivity contribution in [2.24, 2.45) is 0 Å². The first-order valence-corrected chi connectivity index (χ1v) is 15.9. The first-order chi connectivity index (χ1) is 20.8. The molecular weight excluding hydrogens is 582 g/mol. The van der Waals surface area contributed by atoms with Gasteiger partial charge in [-0.2, -0.15) is 0 Å². The predicted octanol–water partition coefficient (Wildman–Crippen LogP) is 4.67. The van der Waals surface area contributed by atoms with Crippen LogP contribution in [0.3, 0.4) is 0 Å². The van der Waals surface area contributed by atoms with Crippen LogP contribution in [0.15, 0.2) is 77.7 Å². The molecule has 0 spiro atoms. The zero-order valence-corrected chi connectivity index (χ0v) is 27.3. The van der Waals surface area contributed by atoms with Crippen LogP contribution < -0.4 is 23.8 Å². The van der Waals surface area contributed by atoms with E-state index in [1.807, 2.05) is 58.0 Å². The number of carbonyl (C=O) groups excluding carboxylic acids is 2. The molecule has 0 heterocycles. The summed E-state index contributed by atoms with van der Waals surface area (Å²) in [5, 5.41) is 2.93. The van der Waals surface area contributed by atoms with Crippen molar-refractivity contribution in [2.75, 3.05) is 38.2 Å². The van der Waals surface area contributed by atoms with Crippen LogP contribution in [-0.4, -0.2) is 70.6 Å².